The number of carbonyl (C=O) groups is 4. The summed E-state index contributed by atoms with van der Waals surface area (Å²) < 4.78 is 5.17. The first-order valence-corrected chi connectivity index (χ1v) is 13.8. The Bertz CT molecular complexity index is 1800. The number of hydrogen-bond donors (Lipinski definition) is 1. The van der Waals surface area contributed by atoms with Gasteiger partial charge in [0.15, 0.2) is 11.6 Å². The zero-order chi connectivity index (χ0) is 29.0. The fraction of sp³-hybridized carbons (Fsp3) is 0.143. The van der Waals surface area contributed by atoms with Gasteiger partial charge in [0.25, 0.3) is 0 Å². The summed E-state index contributed by atoms with van der Waals surface area (Å²) in [5, 5.41) is 3.05. The molecule has 4 aromatic carbocycles. The average Bonchev–Trinajstić information content (AvgIpc) is 3.49. The van der Waals surface area contributed by atoms with Gasteiger partial charge in [-0.05, 0) is 53.1 Å². The van der Waals surface area contributed by atoms with Gasteiger partial charge in [0, 0.05) is 29.9 Å². The number of amides is 1. The minimum absolute atomic E-state index is 0.280. The number of ketones is 2. The van der Waals surface area contributed by atoms with Gasteiger partial charge in [-0.2, -0.15) is 0 Å². The molecule has 0 bridgehead atoms. The average molecular weight is 555 g/mol. The Morgan fingerprint density at radius 3 is 2.21 bits per heavy atom. The van der Waals surface area contributed by atoms with E-state index in [0.29, 0.717) is 28.1 Å². The zero-order valence-electron chi connectivity index (χ0n) is 22.7. The molecule has 0 aromatic heterocycles. The predicted molar refractivity (Wildman–Crippen MR) is 157 cm³/mol. The molecule has 7 rings (SSSR count). The molecule has 4 atom stereocenters. The molecule has 206 valence electrons. The summed E-state index contributed by atoms with van der Waals surface area (Å²) in [7, 11) is 0. The highest BCUT2D eigenvalue weighted by Gasteiger charge is 2.70. The standard InChI is InChI=1S/C35H26N2O5/c1-21(38)42-25-17-15-24(16-18-25)32(40)30-29(31(39)23-10-3-2-4-11-23)35(27-13-7-8-14-28(27)36-34(35)41)33-26-12-6-5-9-22(26)19-20-37(30)33/h2-20,29-30,33H,1H3,(H,36,41)/t29-,30+,33+,35+/m1/s1. The molecule has 7 nitrogen and oxygen atoms in total. The number of rotatable bonds is 5. The molecular formula is C35H26N2O5. The molecule has 1 N–H and O–H groups in total. The number of nitrogens with one attached hydrogen (secondary N) is 1. The summed E-state index contributed by atoms with van der Waals surface area (Å²) in [4.78, 5) is 57.1. The zero-order valence-corrected chi connectivity index (χ0v) is 22.7. The Balaban J connectivity index is 1.48. The Morgan fingerprint density at radius 1 is 0.786 bits per heavy atom. The van der Waals surface area contributed by atoms with Crippen molar-refractivity contribution in [2.24, 2.45) is 5.92 Å². The van der Waals surface area contributed by atoms with Gasteiger partial charge in [-0.3, -0.25) is 19.2 Å². The van der Waals surface area contributed by atoms with Gasteiger partial charge in [0.2, 0.25) is 5.91 Å². The maximum absolute atomic E-state index is 14.7. The first-order chi connectivity index (χ1) is 20.4. The van der Waals surface area contributed by atoms with E-state index in [0.717, 1.165) is 11.1 Å². The number of fused-ring (bicyclic) bond motifs is 6. The number of ether oxygens (including phenoxy) is 1. The van der Waals surface area contributed by atoms with Gasteiger partial charge in [-0.1, -0.05) is 72.8 Å². The van der Waals surface area contributed by atoms with Crippen molar-refractivity contribution in [1.29, 1.82) is 0 Å². The summed E-state index contributed by atoms with van der Waals surface area (Å²) in [6.45, 7) is 1.31. The smallest absolute Gasteiger partial charge is 0.308 e. The van der Waals surface area contributed by atoms with E-state index in [2.05, 4.69) is 5.32 Å². The number of carbonyl (C=O) groups excluding carboxylic acids is 4. The Kier molecular flexibility index (Phi) is 5.90. The molecule has 1 spiro atoms. The van der Waals surface area contributed by atoms with Crippen molar-refractivity contribution < 1.29 is 23.9 Å². The molecule has 3 aliphatic heterocycles. The van der Waals surface area contributed by atoms with Gasteiger partial charge < -0.3 is 15.0 Å². The van der Waals surface area contributed by atoms with Gasteiger partial charge in [-0.15, -0.1) is 0 Å². The maximum atomic E-state index is 14.7. The number of anilines is 1. The molecule has 1 amide bonds. The third-order valence-electron chi connectivity index (χ3n) is 8.58. The first-order valence-electron chi connectivity index (χ1n) is 13.8. The van der Waals surface area contributed by atoms with E-state index in [4.69, 9.17) is 4.74 Å². The van der Waals surface area contributed by atoms with Gasteiger partial charge in [-0.25, -0.2) is 0 Å². The number of hydrogen-bond acceptors (Lipinski definition) is 6. The summed E-state index contributed by atoms with van der Waals surface area (Å²) >= 11 is 0. The Hall–Kier alpha value is -5.30. The highest BCUT2D eigenvalue weighted by atomic mass is 16.5. The minimum atomic E-state index is -1.39. The number of esters is 1. The Morgan fingerprint density at radius 2 is 1.45 bits per heavy atom. The van der Waals surface area contributed by atoms with Crippen LogP contribution < -0.4 is 10.1 Å². The van der Waals surface area contributed by atoms with E-state index in [1.165, 1.54) is 6.92 Å². The van der Waals surface area contributed by atoms with Crippen LogP contribution in [0.4, 0.5) is 5.69 Å². The summed E-state index contributed by atoms with van der Waals surface area (Å²) in [6.07, 6.45) is 3.77. The van der Waals surface area contributed by atoms with Gasteiger partial charge in [0.1, 0.15) is 17.2 Å². The topological polar surface area (TPSA) is 92.8 Å². The van der Waals surface area contributed by atoms with E-state index in [-0.39, 0.29) is 17.5 Å². The number of para-hydroxylation sites is 1. The molecular weight excluding hydrogens is 528 g/mol. The van der Waals surface area contributed by atoms with Crippen LogP contribution in [0.25, 0.3) is 6.08 Å². The Labute approximate surface area is 242 Å². The van der Waals surface area contributed by atoms with Crippen molar-refractivity contribution in [3.8, 4) is 5.75 Å². The molecule has 42 heavy (non-hydrogen) atoms. The van der Waals surface area contributed by atoms with Crippen LogP contribution in [0.5, 0.6) is 5.75 Å². The second kappa shape index (κ2) is 9.66. The number of nitrogens with zero attached hydrogens (tertiary/aromatic N) is 1. The van der Waals surface area contributed by atoms with E-state index < -0.39 is 29.4 Å². The quantitative estimate of drug-likeness (QED) is 0.196. The van der Waals surface area contributed by atoms with Crippen LogP contribution in [-0.4, -0.2) is 34.4 Å². The van der Waals surface area contributed by atoms with Crippen molar-refractivity contribution in [2.75, 3.05) is 5.32 Å². The van der Waals surface area contributed by atoms with E-state index in [1.54, 1.807) is 48.5 Å². The van der Waals surface area contributed by atoms with Crippen molar-refractivity contribution in [2.45, 2.75) is 24.4 Å². The lowest BCUT2D eigenvalue weighted by atomic mass is 9.62. The molecule has 4 aromatic rings. The highest BCUT2D eigenvalue weighted by Crippen LogP contribution is 2.62. The molecule has 1 fully saturated rings. The van der Waals surface area contributed by atoms with Crippen LogP contribution in [0.15, 0.2) is 109 Å². The minimum Gasteiger partial charge on any atom is -0.427 e. The van der Waals surface area contributed by atoms with Crippen LogP contribution >= 0.6 is 0 Å². The van der Waals surface area contributed by atoms with Crippen LogP contribution in [-0.2, 0) is 15.0 Å². The van der Waals surface area contributed by atoms with E-state index in [1.807, 2.05) is 71.8 Å². The molecule has 3 aliphatic rings. The first kappa shape index (κ1) is 25.7. The summed E-state index contributed by atoms with van der Waals surface area (Å²) in [6, 6.07) is 28.8. The van der Waals surface area contributed by atoms with Crippen molar-refractivity contribution in [1.82, 2.24) is 4.90 Å². The fourth-order valence-corrected chi connectivity index (χ4v) is 6.97. The summed E-state index contributed by atoms with van der Waals surface area (Å²) in [5.41, 5.74) is 2.53. The van der Waals surface area contributed by atoms with Gasteiger partial charge in [0.05, 0.1) is 12.0 Å². The normalized spacial score (nSPS) is 23.1. The van der Waals surface area contributed by atoms with Crippen molar-refractivity contribution in [3.05, 3.63) is 137 Å². The highest BCUT2D eigenvalue weighted by molar-refractivity contribution is 6.16. The summed E-state index contributed by atoms with van der Waals surface area (Å²) in [5.74, 6) is -2.10. The van der Waals surface area contributed by atoms with E-state index in [9.17, 15) is 19.2 Å². The van der Waals surface area contributed by atoms with Gasteiger partial charge >= 0.3 is 5.97 Å². The third kappa shape index (κ3) is 3.66. The lowest BCUT2D eigenvalue weighted by Crippen LogP contribution is -2.49. The predicted octanol–water partition coefficient (Wildman–Crippen LogP) is 5.59. The van der Waals surface area contributed by atoms with Crippen LogP contribution in [0.2, 0.25) is 0 Å². The lowest BCUT2D eigenvalue weighted by Gasteiger charge is -2.38. The molecule has 0 radical (unpaired) electrons. The van der Waals surface area contributed by atoms with Crippen LogP contribution in [0.1, 0.15) is 50.4 Å². The lowest BCUT2D eigenvalue weighted by molar-refractivity contribution is -0.131. The van der Waals surface area contributed by atoms with Crippen molar-refractivity contribution in [3.63, 3.8) is 0 Å². The largest absolute Gasteiger partial charge is 0.427 e. The monoisotopic (exact) mass is 554 g/mol. The van der Waals surface area contributed by atoms with E-state index >= 15 is 0 Å². The number of Topliss-reactive ketones (excluding diaryl/α,β-unsaturated/α-hetero) is 2. The molecule has 0 aliphatic carbocycles. The molecule has 7 heteroatoms. The second-order valence-electron chi connectivity index (χ2n) is 10.8. The molecule has 0 unspecified atom stereocenters. The van der Waals surface area contributed by atoms with Crippen LogP contribution in [0.3, 0.4) is 0 Å². The number of benzene rings is 4. The second-order valence-corrected chi connectivity index (χ2v) is 10.8. The molecule has 3 heterocycles. The SMILES string of the molecule is CC(=O)Oc1ccc(C(=O)[C@@H]2[C@H](C(=O)c3ccccc3)[C@]3(C(=O)Nc4ccccc43)[C@@H]3c4ccccc4C=CN23)cc1. The molecule has 1 saturated heterocycles. The molecule has 0 saturated carbocycles. The maximum Gasteiger partial charge on any atom is 0.308 e. The van der Waals surface area contributed by atoms with Crippen LogP contribution in [0, 0.1) is 5.92 Å². The fourth-order valence-electron chi connectivity index (χ4n) is 6.97. The third-order valence-corrected chi connectivity index (χ3v) is 8.58. The van der Waals surface area contributed by atoms with Crippen molar-refractivity contribution >= 4 is 35.2 Å².